The molecule has 1 unspecified atom stereocenters. The second-order valence-electron chi connectivity index (χ2n) is 8.43. The highest BCUT2D eigenvalue weighted by Crippen LogP contribution is 2.43. The number of carbonyl (C=O) groups excluding carboxylic acids is 1. The molecule has 0 fully saturated rings. The van der Waals surface area contributed by atoms with Gasteiger partial charge in [0.2, 0.25) is 10.9 Å². The monoisotopic (exact) mass is 531 g/mol. The van der Waals surface area contributed by atoms with E-state index in [0.29, 0.717) is 26.7 Å². The summed E-state index contributed by atoms with van der Waals surface area (Å²) in [6.07, 6.45) is 0. The van der Waals surface area contributed by atoms with Gasteiger partial charge in [0.05, 0.1) is 17.0 Å². The van der Waals surface area contributed by atoms with E-state index in [-0.39, 0.29) is 16.8 Å². The molecule has 178 valence electrons. The fraction of sp³-hybridized carbons (Fsp3) is 0.111. The highest BCUT2D eigenvalue weighted by Gasteiger charge is 2.45. The predicted molar refractivity (Wildman–Crippen MR) is 143 cm³/mol. The summed E-state index contributed by atoms with van der Waals surface area (Å²) in [5.41, 5.74) is 3.48. The number of anilines is 1. The van der Waals surface area contributed by atoms with Gasteiger partial charge >= 0.3 is 0 Å². The predicted octanol–water partition coefficient (Wildman–Crippen LogP) is 6.65. The fourth-order valence-corrected chi connectivity index (χ4v) is 6.32. The molecule has 0 radical (unpaired) electrons. The Morgan fingerprint density at radius 1 is 1.03 bits per heavy atom. The lowest BCUT2D eigenvalue weighted by Crippen LogP contribution is -2.29. The number of aromatic nitrogens is 2. The van der Waals surface area contributed by atoms with Gasteiger partial charge in [-0.1, -0.05) is 88.8 Å². The maximum absolute atomic E-state index is 13.7. The highest BCUT2D eigenvalue weighted by molar-refractivity contribution is 8.00. The summed E-state index contributed by atoms with van der Waals surface area (Å²) in [6.45, 7) is 2.05. The largest absolute Gasteiger partial charge is 0.450 e. The first kappa shape index (κ1) is 23.0. The molecule has 6 rings (SSSR count). The van der Waals surface area contributed by atoms with Crippen LogP contribution in [0.4, 0.5) is 5.13 Å². The Hall–Kier alpha value is -3.46. The maximum atomic E-state index is 13.7. The zero-order valence-corrected chi connectivity index (χ0v) is 21.4. The number of halogens is 1. The van der Waals surface area contributed by atoms with E-state index >= 15 is 0 Å². The van der Waals surface area contributed by atoms with Crippen LogP contribution in [0.1, 0.15) is 38.9 Å². The van der Waals surface area contributed by atoms with Gasteiger partial charge in [0.15, 0.2) is 9.77 Å². The van der Waals surface area contributed by atoms with Gasteiger partial charge in [-0.3, -0.25) is 14.5 Å². The van der Waals surface area contributed by atoms with Crippen molar-refractivity contribution in [3.63, 3.8) is 0 Å². The number of nitrogens with zero attached hydrogens (tertiary/aromatic N) is 3. The molecular weight excluding hydrogens is 514 g/mol. The van der Waals surface area contributed by atoms with Crippen molar-refractivity contribution in [3.05, 3.63) is 116 Å². The molecule has 1 amide bonds. The summed E-state index contributed by atoms with van der Waals surface area (Å²) in [7, 11) is 0. The minimum Gasteiger partial charge on any atom is -0.450 e. The van der Waals surface area contributed by atoms with Crippen molar-refractivity contribution in [2.45, 2.75) is 23.1 Å². The van der Waals surface area contributed by atoms with Crippen molar-refractivity contribution in [1.82, 2.24) is 10.2 Å². The molecule has 36 heavy (non-hydrogen) atoms. The van der Waals surface area contributed by atoms with E-state index in [1.54, 1.807) is 54.2 Å². The summed E-state index contributed by atoms with van der Waals surface area (Å²) >= 11 is 9.15. The van der Waals surface area contributed by atoms with Crippen molar-refractivity contribution in [3.8, 4) is 0 Å². The molecular formula is C27H18ClN3O3S2. The van der Waals surface area contributed by atoms with E-state index in [1.807, 2.05) is 6.07 Å². The molecule has 0 bridgehead atoms. The Labute approximate surface area is 219 Å². The Kier molecular flexibility index (Phi) is 5.87. The van der Waals surface area contributed by atoms with Crippen LogP contribution >= 0.6 is 34.7 Å². The Morgan fingerprint density at radius 3 is 2.64 bits per heavy atom. The number of amides is 1. The summed E-state index contributed by atoms with van der Waals surface area (Å²) in [6, 6.07) is 21.7. The zero-order valence-electron chi connectivity index (χ0n) is 19.0. The van der Waals surface area contributed by atoms with E-state index in [1.165, 1.54) is 27.4 Å². The number of aryl methyl sites for hydroxylation is 1. The molecule has 0 aliphatic carbocycles. The fourth-order valence-electron chi connectivity index (χ4n) is 4.30. The molecule has 1 atom stereocenters. The summed E-state index contributed by atoms with van der Waals surface area (Å²) in [5.74, 6) is 0.323. The van der Waals surface area contributed by atoms with Gasteiger partial charge in [0, 0.05) is 10.8 Å². The first-order valence-corrected chi connectivity index (χ1v) is 13.3. The van der Waals surface area contributed by atoms with E-state index in [4.69, 9.17) is 16.0 Å². The van der Waals surface area contributed by atoms with E-state index < -0.39 is 11.9 Å². The van der Waals surface area contributed by atoms with E-state index in [2.05, 4.69) is 41.4 Å². The molecule has 3 heterocycles. The van der Waals surface area contributed by atoms with Crippen molar-refractivity contribution >= 4 is 56.7 Å². The van der Waals surface area contributed by atoms with Crippen molar-refractivity contribution in [2.24, 2.45) is 0 Å². The van der Waals surface area contributed by atoms with Crippen molar-refractivity contribution in [2.75, 3.05) is 4.90 Å². The molecule has 1 aliphatic heterocycles. The summed E-state index contributed by atoms with van der Waals surface area (Å²) in [5, 5.41) is 9.97. The molecule has 2 aromatic heterocycles. The molecule has 0 saturated carbocycles. The topological polar surface area (TPSA) is 76.3 Å². The average molecular weight is 532 g/mol. The number of para-hydroxylation sites is 1. The lowest BCUT2D eigenvalue weighted by atomic mass is 9.99. The Morgan fingerprint density at radius 2 is 1.83 bits per heavy atom. The Balaban J connectivity index is 1.42. The molecule has 1 aliphatic rings. The van der Waals surface area contributed by atoms with Gasteiger partial charge in [-0.15, -0.1) is 10.2 Å². The van der Waals surface area contributed by atoms with Gasteiger partial charge in [0.25, 0.3) is 5.91 Å². The zero-order chi connectivity index (χ0) is 24.8. The van der Waals surface area contributed by atoms with Crippen LogP contribution < -0.4 is 10.3 Å². The average Bonchev–Trinajstić information content (AvgIpc) is 3.46. The SMILES string of the molecule is Cc1ccc(CSc2nnc(N3C(=O)c4oc5ccccc5c(=O)c4C3c3cccc(Cl)c3)s2)cc1. The standard InChI is InChI=1S/C27H18ClN3O3S2/c1-15-9-11-16(12-10-15)14-35-27-30-29-26(36-27)31-22(17-5-4-6-18(28)13-17)21-23(32)19-7-2-3-8-20(19)34-24(21)25(31)33/h2-13,22H,14H2,1H3. The number of carbonyl (C=O) groups is 1. The molecule has 6 nitrogen and oxygen atoms in total. The lowest BCUT2D eigenvalue weighted by molar-refractivity contribution is 0.0970. The third-order valence-electron chi connectivity index (χ3n) is 6.03. The van der Waals surface area contributed by atoms with E-state index in [9.17, 15) is 9.59 Å². The van der Waals surface area contributed by atoms with Crippen LogP contribution in [0.5, 0.6) is 0 Å². The summed E-state index contributed by atoms with van der Waals surface area (Å²) in [4.78, 5) is 28.8. The molecule has 9 heteroatoms. The number of fused-ring (bicyclic) bond motifs is 2. The van der Waals surface area contributed by atoms with Crippen LogP contribution in [0.15, 0.2) is 86.3 Å². The van der Waals surface area contributed by atoms with Gasteiger partial charge in [-0.2, -0.15) is 0 Å². The first-order chi connectivity index (χ1) is 17.5. The number of thioether (sulfide) groups is 1. The number of rotatable bonds is 5. The number of hydrogen-bond acceptors (Lipinski definition) is 7. The minimum absolute atomic E-state index is 0.0210. The summed E-state index contributed by atoms with van der Waals surface area (Å²) < 4.78 is 6.71. The lowest BCUT2D eigenvalue weighted by Gasteiger charge is -2.22. The third kappa shape index (κ3) is 4.01. The van der Waals surface area contributed by atoms with Crippen molar-refractivity contribution < 1.29 is 9.21 Å². The Bertz CT molecular complexity index is 1680. The van der Waals surface area contributed by atoms with Crippen LogP contribution in [-0.2, 0) is 5.75 Å². The normalized spacial score (nSPS) is 15.0. The number of hydrogen-bond donors (Lipinski definition) is 0. The van der Waals surface area contributed by atoms with E-state index in [0.717, 1.165) is 10.1 Å². The molecule has 0 saturated heterocycles. The van der Waals surface area contributed by atoms with Crippen molar-refractivity contribution in [1.29, 1.82) is 0 Å². The van der Waals surface area contributed by atoms with Crippen LogP contribution in [0.3, 0.4) is 0 Å². The van der Waals surface area contributed by atoms with Crippen LogP contribution in [0, 0.1) is 6.92 Å². The van der Waals surface area contributed by atoms with Gasteiger partial charge in [0.1, 0.15) is 5.58 Å². The molecule has 3 aromatic carbocycles. The molecule has 5 aromatic rings. The minimum atomic E-state index is -0.727. The van der Waals surface area contributed by atoms with Crippen LogP contribution in [-0.4, -0.2) is 16.1 Å². The van der Waals surface area contributed by atoms with Gasteiger partial charge < -0.3 is 4.42 Å². The third-order valence-corrected chi connectivity index (χ3v) is 8.39. The maximum Gasteiger partial charge on any atom is 0.297 e. The van der Waals surface area contributed by atoms with Crippen LogP contribution in [0.25, 0.3) is 11.0 Å². The second kappa shape index (κ2) is 9.20. The number of benzene rings is 3. The first-order valence-electron chi connectivity index (χ1n) is 11.2. The molecule has 0 N–H and O–H groups in total. The van der Waals surface area contributed by atoms with Gasteiger partial charge in [-0.05, 0) is 42.3 Å². The smallest absolute Gasteiger partial charge is 0.297 e. The highest BCUT2D eigenvalue weighted by atomic mass is 35.5. The quantitative estimate of drug-likeness (QED) is 0.187. The second-order valence-corrected chi connectivity index (χ2v) is 11.0. The molecule has 0 spiro atoms. The van der Waals surface area contributed by atoms with Gasteiger partial charge in [-0.25, -0.2) is 0 Å². The van der Waals surface area contributed by atoms with Crippen LogP contribution in [0.2, 0.25) is 5.02 Å².